The predicted molar refractivity (Wildman–Crippen MR) is 172 cm³/mol. The SMILES string of the molecule is COC[C@H]1[C@H](c2ccccc2)OC(=O)CC/C=C/CCC(=O)N1Cc1cccc(/C=N/NC(=O)c2cccc(OCC(=O)NO)c2)c1. The lowest BCUT2D eigenvalue weighted by Gasteiger charge is -2.37. The number of carbonyl (C=O) groups is 4. The standard InChI is InChI=1S/C35H38N4O8/c1-45-23-30-34(27-13-5-4-6-14-27)47-33(42)18-8-3-2-7-17-32(41)39(30)22-26-12-9-11-25(19-26)21-36-37-35(43)28-15-10-16-29(20-28)46-24-31(40)38-44/h2-6,9-16,19-21,30,34,44H,7-8,17-18,22-24H2,1H3,(H,37,43)(H,38,40)/b3-2+,36-21+/t30-,34-/m0/s1. The first-order valence-corrected chi connectivity index (χ1v) is 15.1. The summed E-state index contributed by atoms with van der Waals surface area (Å²) in [6.07, 6.45) is 6.14. The van der Waals surface area contributed by atoms with Crippen molar-refractivity contribution in [3.8, 4) is 5.75 Å². The maximum atomic E-state index is 13.7. The van der Waals surface area contributed by atoms with E-state index in [9.17, 15) is 19.2 Å². The quantitative estimate of drug-likeness (QED) is 0.0929. The largest absolute Gasteiger partial charge is 0.484 e. The van der Waals surface area contributed by atoms with Crippen LogP contribution < -0.4 is 15.6 Å². The van der Waals surface area contributed by atoms with Crippen LogP contribution in [0, 0.1) is 0 Å². The van der Waals surface area contributed by atoms with E-state index in [2.05, 4.69) is 10.5 Å². The highest BCUT2D eigenvalue weighted by molar-refractivity contribution is 5.95. The zero-order valence-electron chi connectivity index (χ0n) is 26.0. The molecular weight excluding hydrogens is 604 g/mol. The highest BCUT2D eigenvalue weighted by Crippen LogP contribution is 2.29. The number of carbonyl (C=O) groups excluding carboxylic acids is 4. The van der Waals surface area contributed by atoms with E-state index >= 15 is 0 Å². The Kier molecular flexibility index (Phi) is 13.2. The van der Waals surface area contributed by atoms with Crippen LogP contribution in [-0.4, -0.2) is 66.4 Å². The van der Waals surface area contributed by atoms with Gasteiger partial charge in [0.15, 0.2) is 6.61 Å². The molecular formula is C35H38N4O8. The smallest absolute Gasteiger partial charge is 0.306 e. The molecule has 12 nitrogen and oxygen atoms in total. The molecule has 246 valence electrons. The number of ether oxygens (including phenoxy) is 3. The molecule has 0 fully saturated rings. The van der Waals surface area contributed by atoms with E-state index in [-0.39, 0.29) is 49.2 Å². The van der Waals surface area contributed by atoms with Gasteiger partial charge in [0, 0.05) is 32.1 Å². The van der Waals surface area contributed by atoms with E-state index in [0.717, 1.165) is 11.1 Å². The molecule has 47 heavy (non-hydrogen) atoms. The minimum atomic E-state index is -0.744. The van der Waals surface area contributed by atoms with Crippen molar-refractivity contribution in [2.24, 2.45) is 5.10 Å². The molecule has 0 aliphatic carbocycles. The Bertz CT molecular complexity index is 1580. The van der Waals surface area contributed by atoms with Gasteiger partial charge in [-0.3, -0.25) is 24.4 Å². The molecule has 0 radical (unpaired) electrons. The Hall–Kier alpha value is -5.33. The number of esters is 1. The van der Waals surface area contributed by atoms with Crippen molar-refractivity contribution in [2.45, 2.75) is 44.4 Å². The minimum Gasteiger partial charge on any atom is -0.484 e. The second-order valence-electron chi connectivity index (χ2n) is 10.7. The van der Waals surface area contributed by atoms with Crippen LogP contribution >= 0.6 is 0 Å². The summed E-state index contributed by atoms with van der Waals surface area (Å²) >= 11 is 0. The summed E-state index contributed by atoms with van der Waals surface area (Å²) in [5.74, 6) is -1.43. The summed E-state index contributed by atoms with van der Waals surface area (Å²) in [5, 5.41) is 12.7. The van der Waals surface area contributed by atoms with E-state index in [1.807, 2.05) is 66.7 Å². The summed E-state index contributed by atoms with van der Waals surface area (Å²) in [4.78, 5) is 52.2. The van der Waals surface area contributed by atoms with Crippen molar-refractivity contribution in [3.63, 3.8) is 0 Å². The lowest BCUT2D eigenvalue weighted by Crippen LogP contribution is -2.47. The summed E-state index contributed by atoms with van der Waals surface area (Å²) in [7, 11) is 1.55. The summed E-state index contributed by atoms with van der Waals surface area (Å²) in [6, 6.07) is 22.3. The van der Waals surface area contributed by atoms with E-state index in [0.29, 0.717) is 18.4 Å². The van der Waals surface area contributed by atoms with E-state index in [1.54, 1.807) is 30.2 Å². The molecule has 4 rings (SSSR count). The van der Waals surface area contributed by atoms with Crippen molar-refractivity contribution < 1.29 is 38.6 Å². The Labute approximate surface area is 273 Å². The monoisotopic (exact) mass is 642 g/mol. The van der Waals surface area contributed by atoms with Crippen LogP contribution in [0.4, 0.5) is 0 Å². The normalized spacial score (nSPS) is 18.0. The van der Waals surface area contributed by atoms with E-state index in [1.165, 1.54) is 17.8 Å². The van der Waals surface area contributed by atoms with Crippen LogP contribution in [0.5, 0.6) is 5.75 Å². The molecule has 0 unspecified atom stereocenters. The maximum absolute atomic E-state index is 13.7. The molecule has 0 saturated carbocycles. The Morgan fingerprint density at radius 2 is 1.77 bits per heavy atom. The number of benzene rings is 3. The van der Waals surface area contributed by atoms with Crippen molar-refractivity contribution in [3.05, 3.63) is 113 Å². The van der Waals surface area contributed by atoms with Gasteiger partial charge in [0.25, 0.3) is 11.8 Å². The highest BCUT2D eigenvalue weighted by Gasteiger charge is 2.34. The molecule has 3 N–H and O–H groups in total. The van der Waals surface area contributed by atoms with E-state index < -0.39 is 30.6 Å². The van der Waals surface area contributed by atoms with Gasteiger partial charge in [-0.2, -0.15) is 5.10 Å². The number of nitrogens with one attached hydrogen (secondary N) is 2. The molecule has 3 amide bonds. The molecule has 0 saturated heterocycles. The fraction of sp³-hybridized carbons (Fsp3) is 0.286. The van der Waals surface area contributed by atoms with Gasteiger partial charge < -0.3 is 19.1 Å². The highest BCUT2D eigenvalue weighted by atomic mass is 16.5. The molecule has 1 heterocycles. The van der Waals surface area contributed by atoms with Gasteiger partial charge in [-0.25, -0.2) is 10.9 Å². The second kappa shape index (κ2) is 18.0. The third kappa shape index (κ3) is 10.6. The zero-order valence-corrected chi connectivity index (χ0v) is 26.0. The number of amides is 3. The number of hydrogen-bond acceptors (Lipinski definition) is 9. The fourth-order valence-corrected chi connectivity index (χ4v) is 5.01. The van der Waals surface area contributed by atoms with Crippen molar-refractivity contribution in [1.29, 1.82) is 0 Å². The number of hydroxylamine groups is 1. The number of hydrazone groups is 1. The number of hydrogen-bond donors (Lipinski definition) is 3. The molecule has 3 aromatic rings. The average Bonchev–Trinajstić information content (AvgIpc) is 3.09. The van der Waals surface area contributed by atoms with Crippen molar-refractivity contribution in [2.75, 3.05) is 20.3 Å². The van der Waals surface area contributed by atoms with Gasteiger partial charge in [0.05, 0.1) is 18.9 Å². The van der Waals surface area contributed by atoms with Crippen LogP contribution in [-0.2, 0) is 30.4 Å². The van der Waals surface area contributed by atoms with Crippen molar-refractivity contribution >= 4 is 29.9 Å². The Morgan fingerprint density at radius 1 is 1.00 bits per heavy atom. The predicted octanol–water partition coefficient (Wildman–Crippen LogP) is 4.09. The molecule has 2 atom stereocenters. The molecule has 12 heteroatoms. The second-order valence-corrected chi connectivity index (χ2v) is 10.7. The third-order valence-corrected chi connectivity index (χ3v) is 7.28. The summed E-state index contributed by atoms with van der Waals surface area (Å²) in [6.45, 7) is -0.0600. The van der Waals surface area contributed by atoms with Crippen LogP contribution in [0.25, 0.3) is 0 Å². The number of rotatable bonds is 11. The van der Waals surface area contributed by atoms with Crippen LogP contribution in [0.3, 0.4) is 0 Å². The fourth-order valence-electron chi connectivity index (χ4n) is 5.01. The lowest BCUT2D eigenvalue weighted by atomic mass is 9.99. The van der Waals surface area contributed by atoms with Gasteiger partial charge in [-0.05, 0) is 53.8 Å². The van der Waals surface area contributed by atoms with Gasteiger partial charge in [-0.15, -0.1) is 0 Å². The number of allylic oxidation sites excluding steroid dienone is 2. The van der Waals surface area contributed by atoms with E-state index in [4.69, 9.17) is 19.4 Å². The number of cyclic esters (lactones) is 1. The molecule has 1 aliphatic rings. The number of nitrogens with zero attached hydrogens (tertiary/aromatic N) is 2. The first kappa shape index (κ1) is 34.5. The molecule has 0 bridgehead atoms. The van der Waals surface area contributed by atoms with Crippen LogP contribution in [0.15, 0.2) is 96.1 Å². The van der Waals surface area contributed by atoms with Crippen LogP contribution in [0.1, 0.15) is 58.8 Å². The van der Waals surface area contributed by atoms with Gasteiger partial charge in [0.2, 0.25) is 5.91 Å². The Morgan fingerprint density at radius 3 is 2.53 bits per heavy atom. The van der Waals surface area contributed by atoms with Crippen molar-refractivity contribution in [1.82, 2.24) is 15.8 Å². The van der Waals surface area contributed by atoms with Gasteiger partial charge in [-0.1, -0.05) is 66.7 Å². The summed E-state index contributed by atoms with van der Waals surface area (Å²) < 4.78 is 16.9. The molecule has 0 aromatic heterocycles. The molecule has 0 spiro atoms. The van der Waals surface area contributed by atoms with Gasteiger partial charge >= 0.3 is 5.97 Å². The number of methoxy groups -OCH3 is 1. The molecule has 1 aliphatic heterocycles. The van der Waals surface area contributed by atoms with Gasteiger partial charge in [0.1, 0.15) is 11.9 Å². The third-order valence-electron chi connectivity index (χ3n) is 7.28. The molecule has 3 aromatic carbocycles. The average molecular weight is 643 g/mol. The topological polar surface area (TPSA) is 156 Å². The first-order valence-electron chi connectivity index (χ1n) is 15.1. The van der Waals surface area contributed by atoms with Crippen LogP contribution in [0.2, 0.25) is 0 Å². The Balaban J connectivity index is 1.53. The lowest BCUT2D eigenvalue weighted by molar-refractivity contribution is -0.159. The summed E-state index contributed by atoms with van der Waals surface area (Å²) in [5.41, 5.74) is 6.42. The first-order chi connectivity index (χ1) is 22.9. The minimum absolute atomic E-state index is 0.108. The zero-order chi connectivity index (χ0) is 33.4. The maximum Gasteiger partial charge on any atom is 0.306 e.